The highest BCUT2D eigenvalue weighted by Crippen LogP contribution is 2.31. The van der Waals surface area contributed by atoms with E-state index in [0.717, 1.165) is 10.6 Å². The first-order valence-electron chi connectivity index (χ1n) is 10.4. The molecule has 1 aromatic heterocycles. The minimum atomic E-state index is -0.308. The summed E-state index contributed by atoms with van der Waals surface area (Å²) in [5.41, 5.74) is 1.89. The molecule has 0 aliphatic carbocycles. The number of anilines is 3. The first-order valence-corrected chi connectivity index (χ1v) is 11.6. The van der Waals surface area contributed by atoms with Crippen LogP contribution in [0.3, 0.4) is 0 Å². The first kappa shape index (κ1) is 23.3. The van der Waals surface area contributed by atoms with E-state index >= 15 is 0 Å². The summed E-state index contributed by atoms with van der Waals surface area (Å²) in [5.74, 6) is 0.855. The van der Waals surface area contributed by atoms with E-state index in [1.54, 1.807) is 59.6 Å². The number of hydrogen-bond acceptors (Lipinski definition) is 8. The van der Waals surface area contributed by atoms with Crippen LogP contribution in [-0.2, 0) is 9.53 Å². The Balaban J connectivity index is 1.48. The van der Waals surface area contributed by atoms with Crippen molar-refractivity contribution in [3.05, 3.63) is 72.9 Å². The van der Waals surface area contributed by atoms with Gasteiger partial charge in [0.15, 0.2) is 0 Å². The number of amides is 2. The number of ether oxygens (including phenoxy) is 2. The molecule has 2 amide bonds. The second-order valence-corrected chi connectivity index (χ2v) is 8.05. The number of nitrogens with zero attached hydrogens (tertiary/aromatic N) is 3. The Bertz CT molecular complexity index is 1200. The number of nitrogens with one attached hydrogen (secondary N) is 2. The van der Waals surface area contributed by atoms with Crippen LogP contribution in [0.15, 0.2) is 72.3 Å². The Morgan fingerprint density at radius 3 is 2.74 bits per heavy atom. The van der Waals surface area contributed by atoms with Gasteiger partial charge >= 0.3 is 0 Å². The Morgan fingerprint density at radius 1 is 1.21 bits per heavy atom. The molecule has 4 rings (SSSR count). The number of carbonyl (C=O) groups excluding carboxylic acids is 2. The van der Waals surface area contributed by atoms with Crippen molar-refractivity contribution < 1.29 is 19.1 Å². The molecule has 2 aromatic carbocycles. The summed E-state index contributed by atoms with van der Waals surface area (Å²) in [7, 11) is 0. The molecule has 2 heterocycles. The van der Waals surface area contributed by atoms with Crippen molar-refractivity contribution in [1.82, 2.24) is 14.9 Å². The van der Waals surface area contributed by atoms with Crippen LogP contribution >= 0.6 is 11.8 Å². The van der Waals surface area contributed by atoms with Crippen LogP contribution in [0.2, 0.25) is 0 Å². The summed E-state index contributed by atoms with van der Waals surface area (Å²) >= 11 is 1.45. The minimum Gasteiger partial charge on any atom is -0.438 e. The largest absolute Gasteiger partial charge is 0.438 e. The Hall–Kier alpha value is -3.89. The van der Waals surface area contributed by atoms with Gasteiger partial charge in [-0.1, -0.05) is 12.6 Å². The molecule has 3 aromatic rings. The lowest BCUT2D eigenvalue weighted by molar-refractivity contribution is -0.111. The van der Waals surface area contributed by atoms with Gasteiger partial charge in [-0.2, -0.15) is 4.98 Å². The third kappa shape index (κ3) is 5.72. The van der Waals surface area contributed by atoms with Crippen molar-refractivity contribution >= 4 is 40.9 Å². The van der Waals surface area contributed by atoms with Gasteiger partial charge in [-0.3, -0.25) is 9.59 Å². The zero-order chi connectivity index (χ0) is 23.9. The number of aromatic nitrogens is 2. The molecule has 10 heteroatoms. The molecule has 0 bridgehead atoms. The molecule has 2 N–H and O–H groups in total. The average Bonchev–Trinajstić information content (AvgIpc) is 3.39. The van der Waals surface area contributed by atoms with Gasteiger partial charge in [0.05, 0.1) is 11.5 Å². The highest BCUT2D eigenvalue weighted by atomic mass is 32.2. The second kappa shape index (κ2) is 10.8. The summed E-state index contributed by atoms with van der Waals surface area (Å²) in [4.78, 5) is 35.3. The number of thioether (sulfide) groups is 1. The van der Waals surface area contributed by atoms with Crippen molar-refractivity contribution in [2.45, 2.75) is 4.90 Å². The van der Waals surface area contributed by atoms with Crippen molar-refractivity contribution in [2.24, 2.45) is 0 Å². The van der Waals surface area contributed by atoms with E-state index in [4.69, 9.17) is 9.47 Å². The van der Waals surface area contributed by atoms with Crippen LogP contribution in [-0.4, -0.2) is 52.8 Å². The maximum atomic E-state index is 12.5. The predicted octanol–water partition coefficient (Wildman–Crippen LogP) is 4.29. The van der Waals surface area contributed by atoms with E-state index in [9.17, 15) is 9.59 Å². The standard InChI is InChI=1S/C24H23N5O4S/c1-3-21(30)26-18-5-4-6-19(13-18)33-22-20(34-2)14-25-24(28-22)27-17-9-7-16(8-10-17)23(31)29-11-12-32-15-29/h3-10,13-14H,1,11-12,15H2,2H3,(H,26,30)(H,25,27,28). The molecule has 0 unspecified atom stereocenters. The van der Waals surface area contributed by atoms with E-state index in [2.05, 4.69) is 27.2 Å². The maximum Gasteiger partial charge on any atom is 0.255 e. The van der Waals surface area contributed by atoms with Gasteiger partial charge in [0, 0.05) is 35.7 Å². The SMILES string of the molecule is C=CC(=O)Nc1cccc(Oc2nc(Nc3ccc(C(=O)N4CCOC4)cc3)ncc2SC)c1. The van der Waals surface area contributed by atoms with Crippen molar-refractivity contribution in [3.8, 4) is 11.6 Å². The van der Waals surface area contributed by atoms with Crippen LogP contribution in [0, 0.1) is 0 Å². The fraction of sp³-hybridized carbons (Fsp3) is 0.167. The summed E-state index contributed by atoms with van der Waals surface area (Å²) in [6, 6.07) is 14.1. The summed E-state index contributed by atoms with van der Waals surface area (Å²) < 4.78 is 11.2. The lowest BCUT2D eigenvalue weighted by atomic mass is 10.2. The summed E-state index contributed by atoms with van der Waals surface area (Å²) in [6.07, 6.45) is 4.77. The van der Waals surface area contributed by atoms with E-state index < -0.39 is 0 Å². The van der Waals surface area contributed by atoms with E-state index in [0.29, 0.717) is 48.7 Å². The maximum absolute atomic E-state index is 12.5. The van der Waals surface area contributed by atoms with Gasteiger partial charge < -0.3 is 25.0 Å². The average molecular weight is 478 g/mol. The van der Waals surface area contributed by atoms with Gasteiger partial charge in [-0.15, -0.1) is 11.8 Å². The third-order valence-electron chi connectivity index (χ3n) is 4.87. The predicted molar refractivity (Wildman–Crippen MR) is 131 cm³/mol. The molecule has 1 aliphatic heterocycles. The molecule has 1 saturated heterocycles. The molecule has 1 aliphatic rings. The van der Waals surface area contributed by atoms with Crippen LogP contribution in [0.5, 0.6) is 11.6 Å². The molecule has 1 fully saturated rings. The molecule has 0 atom stereocenters. The first-order chi connectivity index (χ1) is 16.6. The lowest BCUT2D eigenvalue weighted by Crippen LogP contribution is -2.28. The zero-order valence-electron chi connectivity index (χ0n) is 18.5. The normalized spacial score (nSPS) is 12.8. The molecule has 174 valence electrons. The van der Waals surface area contributed by atoms with Crippen molar-refractivity contribution in [1.29, 1.82) is 0 Å². The van der Waals surface area contributed by atoms with Crippen LogP contribution in [0.25, 0.3) is 0 Å². The molecular weight excluding hydrogens is 454 g/mol. The fourth-order valence-electron chi connectivity index (χ4n) is 3.15. The Morgan fingerprint density at radius 2 is 2.03 bits per heavy atom. The molecule has 9 nitrogen and oxygen atoms in total. The second-order valence-electron chi connectivity index (χ2n) is 7.20. The van der Waals surface area contributed by atoms with Crippen LogP contribution in [0.1, 0.15) is 10.4 Å². The smallest absolute Gasteiger partial charge is 0.255 e. The highest BCUT2D eigenvalue weighted by molar-refractivity contribution is 7.98. The number of hydrogen-bond donors (Lipinski definition) is 2. The van der Waals surface area contributed by atoms with Gasteiger partial charge in [0.1, 0.15) is 12.5 Å². The molecule has 0 spiro atoms. The van der Waals surface area contributed by atoms with Crippen molar-refractivity contribution in [2.75, 3.05) is 36.8 Å². The molecule has 0 saturated carbocycles. The third-order valence-corrected chi connectivity index (χ3v) is 5.59. The van der Waals surface area contributed by atoms with Gasteiger partial charge in [-0.05, 0) is 48.7 Å². The van der Waals surface area contributed by atoms with E-state index in [1.165, 1.54) is 17.8 Å². The quantitative estimate of drug-likeness (QED) is 0.366. The van der Waals surface area contributed by atoms with Crippen LogP contribution < -0.4 is 15.4 Å². The molecule has 34 heavy (non-hydrogen) atoms. The van der Waals surface area contributed by atoms with Gasteiger partial charge in [0.25, 0.3) is 5.91 Å². The molecule has 0 radical (unpaired) electrons. The van der Waals surface area contributed by atoms with Crippen LogP contribution in [0.4, 0.5) is 17.3 Å². The number of benzene rings is 2. The summed E-state index contributed by atoms with van der Waals surface area (Å²) in [5, 5.41) is 5.83. The van der Waals surface area contributed by atoms with E-state index in [1.807, 2.05) is 6.26 Å². The summed E-state index contributed by atoms with van der Waals surface area (Å²) in [6.45, 7) is 4.93. The minimum absolute atomic E-state index is 0.0631. The van der Waals surface area contributed by atoms with Gasteiger partial charge in [0.2, 0.25) is 17.7 Å². The number of carbonyl (C=O) groups is 2. The monoisotopic (exact) mass is 477 g/mol. The Labute approximate surface area is 201 Å². The topological polar surface area (TPSA) is 106 Å². The highest BCUT2D eigenvalue weighted by Gasteiger charge is 2.19. The Kier molecular flexibility index (Phi) is 7.41. The number of rotatable bonds is 8. The lowest BCUT2D eigenvalue weighted by Gasteiger charge is -2.14. The van der Waals surface area contributed by atoms with E-state index in [-0.39, 0.29) is 11.8 Å². The zero-order valence-corrected chi connectivity index (χ0v) is 19.3. The van der Waals surface area contributed by atoms with Gasteiger partial charge in [-0.25, -0.2) is 4.98 Å². The molecular formula is C24H23N5O4S. The fourth-order valence-corrected chi connectivity index (χ4v) is 3.57. The van der Waals surface area contributed by atoms with Crippen molar-refractivity contribution in [3.63, 3.8) is 0 Å².